The zero-order chi connectivity index (χ0) is 13.8. The Hall–Kier alpha value is -2.56. The Bertz CT molecular complexity index is 603. The zero-order valence-electron chi connectivity index (χ0n) is 10.8. The van der Waals surface area contributed by atoms with Crippen molar-refractivity contribution in [2.75, 3.05) is 12.4 Å². The number of aromatic nitrogens is 1. The molecule has 0 spiro atoms. The van der Waals surface area contributed by atoms with Crippen LogP contribution in [0.4, 0.5) is 5.69 Å². The average Bonchev–Trinajstić information content (AvgIpc) is 2.94. The van der Waals surface area contributed by atoms with Crippen LogP contribution in [0.15, 0.2) is 36.7 Å². The van der Waals surface area contributed by atoms with Crippen LogP contribution in [0.25, 0.3) is 0 Å². The summed E-state index contributed by atoms with van der Waals surface area (Å²) in [5.41, 5.74) is 2.67. The lowest BCUT2D eigenvalue weighted by molar-refractivity contribution is 0.0962. The maximum atomic E-state index is 11.9. The van der Waals surface area contributed by atoms with Gasteiger partial charge in [-0.05, 0) is 36.8 Å². The second-order valence-electron chi connectivity index (χ2n) is 4.16. The molecule has 2 rings (SSSR count). The van der Waals surface area contributed by atoms with Gasteiger partial charge >= 0.3 is 0 Å². The third-order valence-corrected chi connectivity index (χ3v) is 2.82. The van der Waals surface area contributed by atoms with E-state index in [0.717, 1.165) is 5.56 Å². The number of nitrogens with one attached hydrogen (secondary N) is 3. The van der Waals surface area contributed by atoms with Gasteiger partial charge in [0.25, 0.3) is 11.8 Å². The minimum Gasteiger partial charge on any atom is -0.367 e. The highest BCUT2D eigenvalue weighted by Gasteiger charge is 2.10. The molecule has 5 heteroatoms. The van der Waals surface area contributed by atoms with E-state index in [1.165, 1.54) is 0 Å². The Morgan fingerprint density at radius 2 is 1.89 bits per heavy atom. The number of carbonyl (C=O) groups is 2. The SMILES string of the molecule is CNC(=O)c1ccc(NC(=O)c2cc[nH]c2)c(C)c1. The molecule has 0 aliphatic carbocycles. The smallest absolute Gasteiger partial charge is 0.257 e. The number of carbonyl (C=O) groups excluding carboxylic acids is 2. The first-order chi connectivity index (χ1) is 9.11. The van der Waals surface area contributed by atoms with Crippen molar-refractivity contribution in [2.45, 2.75) is 6.92 Å². The third-order valence-electron chi connectivity index (χ3n) is 2.82. The molecule has 0 bridgehead atoms. The van der Waals surface area contributed by atoms with Gasteiger partial charge in [-0.1, -0.05) is 0 Å². The fourth-order valence-electron chi connectivity index (χ4n) is 1.75. The Morgan fingerprint density at radius 3 is 2.47 bits per heavy atom. The van der Waals surface area contributed by atoms with Crippen LogP contribution >= 0.6 is 0 Å². The lowest BCUT2D eigenvalue weighted by Crippen LogP contribution is -2.18. The van der Waals surface area contributed by atoms with Gasteiger partial charge in [-0.2, -0.15) is 0 Å². The summed E-state index contributed by atoms with van der Waals surface area (Å²) in [4.78, 5) is 26.2. The van der Waals surface area contributed by atoms with E-state index in [9.17, 15) is 9.59 Å². The fourth-order valence-corrected chi connectivity index (χ4v) is 1.75. The van der Waals surface area contributed by atoms with Crippen LogP contribution in [0.2, 0.25) is 0 Å². The van der Waals surface area contributed by atoms with E-state index in [4.69, 9.17) is 0 Å². The van der Waals surface area contributed by atoms with E-state index in [1.54, 1.807) is 43.7 Å². The van der Waals surface area contributed by atoms with Gasteiger partial charge in [0, 0.05) is 30.7 Å². The molecule has 2 aromatic rings. The Morgan fingerprint density at radius 1 is 1.11 bits per heavy atom. The number of aryl methyl sites for hydroxylation is 1. The zero-order valence-corrected chi connectivity index (χ0v) is 10.8. The molecule has 1 aromatic carbocycles. The number of H-pyrrole nitrogens is 1. The first-order valence-corrected chi connectivity index (χ1v) is 5.88. The summed E-state index contributed by atoms with van der Waals surface area (Å²) in [6, 6.07) is 6.85. The first-order valence-electron chi connectivity index (χ1n) is 5.88. The molecule has 0 atom stereocenters. The van der Waals surface area contributed by atoms with Crippen LogP contribution in [0.3, 0.4) is 0 Å². The van der Waals surface area contributed by atoms with Gasteiger partial charge < -0.3 is 15.6 Å². The van der Waals surface area contributed by atoms with Crippen molar-refractivity contribution in [3.63, 3.8) is 0 Å². The van der Waals surface area contributed by atoms with E-state index in [-0.39, 0.29) is 11.8 Å². The predicted molar refractivity (Wildman–Crippen MR) is 73.3 cm³/mol. The molecular formula is C14H15N3O2. The summed E-state index contributed by atoms with van der Waals surface area (Å²) in [5, 5.41) is 5.37. The predicted octanol–water partition coefficient (Wildman–Crippen LogP) is 1.94. The van der Waals surface area contributed by atoms with Gasteiger partial charge in [0.05, 0.1) is 5.56 Å². The number of amides is 2. The molecule has 19 heavy (non-hydrogen) atoms. The summed E-state index contributed by atoms with van der Waals surface area (Å²) in [6.07, 6.45) is 3.32. The van der Waals surface area contributed by atoms with E-state index >= 15 is 0 Å². The monoisotopic (exact) mass is 257 g/mol. The molecule has 98 valence electrons. The molecule has 1 aromatic heterocycles. The van der Waals surface area contributed by atoms with Crippen molar-refractivity contribution in [1.29, 1.82) is 0 Å². The highest BCUT2D eigenvalue weighted by atomic mass is 16.2. The van der Waals surface area contributed by atoms with Gasteiger partial charge in [0.1, 0.15) is 0 Å². The summed E-state index contributed by atoms with van der Waals surface area (Å²) in [5.74, 6) is -0.330. The molecule has 0 unspecified atom stereocenters. The van der Waals surface area contributed by atoms with Gasteiger partial charge in [-0.3, -0.25) is 9.59 Å². The first kappa shape index (κ1) is 12.9. The van der Waals surface area contributed by atoms with Crippen LogP contribution in [0.1, 0.15) is 26.3 Å². The minimum atomic E-state index is -0.183. The second-order valence-corrected chi connectivity index (χ2v) is 4.16. The van der Waals surface area contributed by atoms with Gasteiger partial charge in [0.2, 0.25) is 0 Å². The highest BCUT2D eigenvalue weighted by molar-refractivity contribution is 6.05. The van der Waals surface area contributed by atoms with Crippen molar-refractivity contribution in [2.24, 2.45) is 0 Å². The molecule has 0 saturated heterocycles. The lowest BCUT2D eigenvalue weighted by Gasteiger charge is -2.09. The van der Waals surface area contributed by atoms with Gasteiger partial charge in [-0.25, -0.2) is 0 Å². The molecule has 5 nitrogen and oxygen atoms in total. The standard InChI is InChI=1S/C14H15N3O2/c1-9-7-10(13(18)15-2)3-4-12(9)17-14(19)11-5-6-16-8-11/h3-8,16H,1-2H3,(H,15,18)(H,17,19). The molecular weight excluding hydrogens is 242 g/mol. The van der Waals surface area contributed by atoms with Gasteiger partial charge in [-0.15, -0.1) is 0 Å². The van der Waals surface area contributed by atoms with E-state index in [0.29, 0.717) is 16.8 Å². The van der Waals surface area contributed by atoms with Crippen molar-refractivity contribution >= 4 is 17.5 Å². The third kappa shape index (κ3) is 2.82. The number of rotatable bonds is 3. The maximum Gasteiger partial charge on any atom is 0.257 e. The Labute approximate surface area is 111 Å². The average molecular weight is 257 g/mol. The molecule has 1 heterocycles. The summed E-state index contributed by atoms with van der Waals surface area (Å²) in [7, 11) is 1.58. The number of anilines is 1. The van der Waals surface area contributed by atoms with Crippen LogP contribution in [0, 0.1) is 6.92 Å². The van der Waals surface area contributed by atoms with E-state index in [2.05, 4.69) is 15.6 Å². The normalized spacial score (nSPS) is 10.0. The van der Waals surface area contributed by atoms with E-state index < -0.39 is 0 Å². The largest absolute Gasteiger partial charge is 0.367 e. The van der Waals surface area contributed by atoms with Crippen LogP contribution < -0.4 is 10.6 Å². The summed E-state index contributed by atoms with van der Waals surface area (Å²) < 4.78 is 0. The molecule has 0 saturated carbocycles. The molecule has 0 radical (unpaired) electrons. The molecule has 0 fully saturated rings. The molecule has 2 amide bonds. The molecule has 3 N–H and O–H groups in total. The summed E-state index contributed by atoms with van der Waals surface area (Å²) in [6.45, 7) is 1.85. The lowest BCUT2D eigenvalue weighted by atomic mass is 10.1. The minimum absolute atomic E-state index is 0.147. The summed E-state index contributed by atoms with van der Waals surface area (Å²) >= 11 is 0. The van der Waals surface area contributed by atoms with Gasteiger partial charge in [0.15, 0.2) is 0 Å². The van der Waals surface area contributed by atoms with Crippen molar-refractivity contribution < 1.29 is 9.59 Å². The molecule has 0 aliphatic heterocycles. The Balaban J connectivity index is 2.18. The van der Waals surface area contributed by atoms with E-state index in [1.807, 2.05) is 6.92 Å². The number of aromatic amines is 1. The number of hydrogen-bond donors (Lipinski definition) is 3. The number of benzene rings is 1. The Kier molecular flexibility index (Phi) is 3.66. The van der Waals surface area contributed by atoms with Crippen molar-refractivity contribution in [3.05, 3.63) is 53.3 Å². The topological polar surface area (TPSA) is 74.0 Å². The highest BCUT2D eigenvalue weighted by Crippen LogP contribution is 2.17. The number of hydrogen-bond acceptors (Lipinski definition) is 2. The quantitative estimate of drug-likeness (QED) is 0.786. The van der Waals surface area contributed by atoms with Crippen molar-refractivity contribution in [1.82, 2.24) is 10.3 Å². The van der Waals surface area contributed by atoms with Crippen molar-refractivity contribution in [3.8, 4) is 0 Å². The van der Waals surface area contributed by atoms with Crippen LogP contribution in [0.5, 0.6) is 0 Å². The van der Waals surface area contributed by atoms with Crippen LogP contribution in [-0.4, -0.2) is 23.8 Å². The molecule has 0 aliphatic rings. The fraction of sp³-hybridized carbons (Fsp3) is 0.143. The van der Waals surface area contributed by atoms with Crippen LogP contribution in [-0.2, 0) is 0 Å². The second kappa shape index (κ2) is 5.39. The maximum absolute atomic E-state index is 11.9.